The molecule has 0 radical (unpaired) electrons. The molecular weight excluding hydrogens is 363 g/mol. The second-order valence-electron chi connectivity index (χ2n) is 7.47. The zero-order chi connectivity index (χ0) is 19.7. The number of carbonyl (C=O) groups is 1. The SMILES string of the molecule is Cc1cc(C(=O)N2CCC[C@]3(C[C@@H](Oc4ccc(F)cc4)CO3)C2)nc(N)n1. The lowest BCUT2D eigenvalue weighted by atomic mass is 9.89. The molecule has 2 aliphatic rings. The van der Waals surface area contributed by atoms with Crippen LogP contribution in [0, 0.1) is 12.7 Å². The van der Waals surface area contributed by atoms with Crippen molar-refractivity contribution in [2.75, 3.05) is 25.4 Å². The highest BCUT2D eigenvalue weighted by Crippen LogP contribution is 2.36. The zero-order valence-electron chi connectivity index (χ0n) is 15.7. The first-order valence-corrected chi connectivity index (χ1v) is 9.39. The first kappa shape index (κ1) is 18.6. The maximum atomic E-state index is 13.1. The van der Waals surface area contributed by atoms with E-state index in [9.17, 15) is 9.18 Å². The Labute approximate surface area is 162 Å². The maximum Gasteiger partial charge on any atom is 0.272 e. The smallest absolute Gasteiger partial charge is 0.272 e. The van der Waals surface area contributed by atoms with Crippen molar-refractivity contribution in [3.8, 4) is 5.75 Å². The molecule has 0 aliphatic carbocycles. The van der Waals surface area contributed by atoms with Crippen LogP contribution >= 0.6 is 0 Å². The van der Waals surface area contributed by atoms with E-state index in [1.54, 1.807) is 30.0 Å². The molecule has 2 aromatic rings. The summed E-state index contributed by atoms with van der Waals surface area (Å²) in [5, 5.41) is 0. The van der Waals surface area contributed by atoms with E-state index in [1.807, 2.05) is 0 Å². The second kappa shape index (κ2) is 7.35. The number of likely N-dealkylation sites (tertiary alicyclic amines) is 1. The van der Waals surface area contributed by atoms with Gasteiger partial charge in [-0.1, -0.05) is 0 Å². The lowest BCUT2D eigenvalue weighted by molar-refractivity contribution is -0.0454. The highest BCUT2D eigenvalue weighted by molar-refractivity contribution is 5.92. The van der Waals surface area contributed by atoms with Crippen molar-refractivity contribution in [1.29, 1.82) is 0 Å². The minimum atomic E-state index is -0.424. The van der Waals surface area contributed by atoms with Crippen LogP contribution in [0.3, 0.4) is 0 Å². The molecular formula is C20H23FN4O3. The van der Waals surface area contributed by atoms with Gasteiger partial charge in [0.1, 0.15) is 23.4 Å². The molecule has 2 N–H and O–H groups in total. The van der Waals surface area contributed by atoms with Crippen molar-refractivity contribution in [1.82, 2.24) is 14.9 Å². The van der Waals surface area contributed by atoms with E-state index in [-0.39, 0.29) is 23.8 Å². The van der Waals surface area contributed by atoms with Crippen molar-refractivity contribution in [3.63, 3.8) is 0 Å². The topological polar surface area (TPSA) is 90.6 Å². The molecule has 0 bridgehead atoms. The van der Waals surface area contributed by atoms with Gasteiger partial charge in [-0.05, 0) is 50.1 Å². The van der Waals surface area contributed by atoms with Gasteiger partial charge < -0.3 is 20.1 Å². The van der Waals surface area contributed by atoms with E-state index in [0.29, 0.717) is 43.3 Å². The summed E-state index contributed by atoms with van der Waals surface area (Å²) in [7, 11) is 0. The number of nitrogens with zero attached hydrogens (tertiary/aromatic N) is 3. The highest BCUT2D eigenvalue weighted by Gasteiger charge is 2.45. The lowest BCUT2D eigenvalue weighted by Crippen LogP contribution is -2.50. The summed E-state index contributed by atoms with van der Waals surface area (Å²) < 4.78 is 25.1. The molecule has 2 saturated heterocycles. The average Bonchev–Trinajstić information content (AvgIpc) is 3.04. The van der Waals surface area contributed by atoms with Gasteiger partial charge in [-0.3, -0.25) is 4.79 Å². The molecule has 8 heteroatoms. The van der Waals surface area contributed by atoms with Crippen LogP contribution in [0.2, 0.25) is 0 Å². The number of ether oxygens (including phenoxy) is 2. The van der Waals surface area contributed by atoms with Gasteiger partial charge in [0.15, 0.2) is 0 Å². The number of hydrogen-bond donors (Lipinski definition) is 1. The van der Waals surface area contributed by atoms with Gasteiger partial charge in [-0.15, -0.1) is 0 Å². The molecule has 3 heterocycles. The summed E-state index contributed by atoms with van der Waals surface area (Å²) in [5.74, 6) is 0.249. The molecule has 7 nitrogen and oxygen atoms in total. The van der Waals surface area contributed by atoms with Crippen molar-refractivity contribution in [2.45, 2.75) is 37.9 Å². The van der Waals surface area contributed by atoms with Crippen molar-refractivity contribution in [3.05, 3.63) is 47.5 Å². The standard InChI is InChI=1S/C20H23FN4O3/c1-13-9-17(24-19(22)23-13)18(26)25-8-2-7-20(12-25)10-16(11-27-20)28-15-5-3-14(21)4-6-15/h3-6,9,16H,2,7-8,10-12H2,1H3,(H2,22,23,24)/t16-,20+/m1/s1. The van der Waals surface area contributed by atoms with Gasteiger partial charge in [-0.25, -0.2) is 14.4 Å². The Hall–Kier alpha value is -2.74. The molecule has 0 unspecified atom stereocenters. The number of nitrogen functional groups attached to an aromatic ring is 1. The summed E-state index contributed by atoms with van der Waals surface area (Å²) in [4.78, 5) is 22.8. The van der Waals surface area contributed by atoms with Crippen LogP contribution in [0.25, 0.3) is 0 Å². The van der Waals surface area contributed by atoms with E-state index >= 15 is 0 Å². The predicted molar refractivity (Wildman–Crippen MR) is 100 cm³/mol. The number of carbonyl (C=O) groups excluding carboxylic acids is 1. The van der Waals surface area contributed by atoms with Crippen molar-refractivity contribution < 1.29 is 18.7 Å². The highest BCUT2D eigenvalue weighted by atomic mass is 19.1. The van der Waals surface area contributed by atoms with Crippen LogP contribution in [0.4, 0.5) is 10.3 Å². The molecule has 4 rings (SSSR count). The third kappa shape index (κ3) is 3.91. The quantitative estimate of drug-likeness (QED) is 0.871. The molecule has 148 valence electrons. The number of rotatable bonds is 3. The monoisotopic (exact) mass is 386 g/mol. The fourth-order valence-electron chi connectivity index (χ4n) is 4.00. The molecule has 2 atom stereocenters. The van der Waals surface area contributed by atoms with Crippen LogP contribution < -0.4 is 10.5 Å². The van der Waals surface area contributed by atoms with Crippen LogP contribution in [0.1, 0.15) is 35.4 Å². The molecule has 1 aromatic carbocycles. The number of aromatic nitrogens is 2. The Morgan fingerprint density at radius 2 is 2.14 bits per heavy atom. The number of nitrogens with two attached hydrogens (primary N) is 1. The van der Waals surface area contributed by atoms with Gasteiger partial charge in [0.2, 0.25) is 5.95 Å². The number of hydrogen-bond acceptors (Lipinski definition) is 6. The van der Waals surface area contributed by atoms with Crippen LogP contribution in [-0.2, 0) is 4.74 Å². The third-order valence-corrected chi connectivity index (χ3v) is 5.21. The van der Waals surface area contributed by atoms with Gasteiger partial charge in [0.25, 0.3) is 5.91 Å². The Morgan fingerprint density at radius 1 is 1.36 bits per heavy atom. The van der Waals surface area contributed by atoms with Gasteiger partial charge in [0, 0.05) is 18.7 Å². The Balaban J connectivity index is 1.43. The van der Waals surface area contributed by atoms with Gasteiger partial charge >= 0.3 is 0 Å². The minimum absolute atomic E-state index is 0.0972. The van der Waals surface area contributed by atoms with Crippen molar-refractivity contribution in [2.24, 2.45) is 0 Å². The number of halogens is 1. The third-order valence-electron chi connectivity index (χ3n) is 5.21. The van der Waals surface area contributed by atoms with Gasteiger partial charge in [-0.2, -0.15) is 0 Å². The van der Waals surface area contributed by atoms with Gasteiger partial charge in [0.05, 0.1) is 18.8 Å². The fourth-order valence-corrected chi connectivity index (χ4v) is 4.00. The summed E-state index contributed by atoms with van der Waals surface area (Å²) in [6, 6.07) is 7.61. The first-order valence-electron chi connectivity index (χ1n) is 9.39. The van der Waals surface area contributed by atoms with E-state index in [1.165, 1.54) is 12.1 Å². The first-order chi connectivity index (χ1) is 13.4. The molecule has 2 aliphatic heterocycles. The molecule has 2 fully saturated rings. The normalized spacial score (nSPS) is 24.5. The molecule has 28 heavy (non-hydrogen) atoms. The van der Waals surface area contributed by atoms with E-state index in [0.717, 1.165) is 12.8 Å². The minimum Gasteiger partial charge on any atom is -0.488 e. The number of piperidine rings is 1. The van der Waals surface area contributed by atoms with Crippen LogP contribution in [-0.4, -0.2) is 52.2 Å². The predicted octanol–water partition coefficient (Wildman–Crippen LogP) is 2.35. The van der Waals surface area contributed by atoms with E-state index in [4.69, 9.17) is 15.2 Å². The van der Waals surface area contributed by atoms with E-state index in [2.05, 4.69) is 9.97 Å². The molecule has 0 saturated carbocycles. The number of amides is 1. The average molecular weight is 386 g/mol. The number of anilines is 1. The Bertz CT molecular complexity index is 856. The number of benzene rings is 1. The summed E-state index contributed by atoms with van der Waals surface area (Å²) >= 11 is 0. The van der Waals surface area contributed by atoms with Crippen LogP contribution in [0.5, 0.6) is 5.75 Å². The summed E-state index contributed by atoms with van der Waals surface area (Å²) in [6.45, 7) is 3.36. The Morgan fingerprint density at radius 3 is 2.89 bits per heavy atom. The lowest BCUT2D eigenvalue weighted by Gasteiger charge is -2.39. The molecule has 1 amide bonds. The van der Waals surface area contributed by atoms with Crippen LogP contribution in [0.15, 0.2) is 30.3 Å². The second-order valence-corrected chi connectivity index (χ2v) is 7.47. The summed E-state index contributed by atoms with van der Waals surface area (Å²) in [5.41, 5.74) is 6.23. The fraction of sp³-hybridized carbons (Fsp3) is 0.450. The summed E-state index contributed by atoms with van der Waals surface area (Å²) in [6.07, 6.45) is 2.26. The maximum absolute atomic E-state index is 13.1. The zero-order valence-corrected chi connectivity index (χ0v) is 15.7. The van der Waals surface area contributed by atoms with Crippen molar-refractivity contribution >= 4 is 11.9 Å². The molecule has 1 spiro atoms. The molecule has 1 aromatic heterocycles. The van der Waals surface area contributed by atoms with E-state index < -0.39 is 5.60 Å². The largest absolute Gasteiger partial charge is 0.488 e. The number of aryl methyl sites for hydroxylation is 1. The Kier molecular flexibility index (Phi) is 4.89.